The maximum Gasteiger partial charge on any atom is 0.244 e. The first-order chi connectivity index (χ1) is 32.1. The molecule has 322 valence electrons. The van der Waals surface area contributed by atoms with Crippen LogP contribution in [0, 0.1) is 0 Å². The minimum atomic E-state index is 0.0254. The molecule has 0 saturated heterocycles. The smallest absolute Gasteiger partial charge is 0.244 e. The fourth-order valence-electron chi connectivity index (χ4n) is 12.1. The number of para-hydroxylation sites is 2. The lowest BCUT2D eigenvalue weighted by Crippen LogP contribution is -2.40. The van der Waals surface area contributed by atoms with Gasteiger partial charge in [-0.2, -0.15) is 0 Å². The zero-order chi connectivity index (χ0) is 44.6. The van der Waals surface area contributed by atoms with Gasteiger partial charge in [0.1, 0.15) is 16.7 Å². The van der Waals surface area contributed by atoms with E-state index in [1.807, 2.05) is 0 Å². The molecule has 0 spiro atoms. The van der Waals surface area contributed by atoms with E-state index in [-0.39, 0.29) is 10.8 Å². The number of hydrogen-bond acceptors (Lipinski definition) is 3. The van der Waals surface area contributed by atoms with Crippen molar-refractivity contribution in [1.29, 1.82) is 0 Å². The summed E-state index contributed by atoms with van der Waals surface area (Å²) in [6, 6.07) is 54.1. The number of hydrogen-bond donors (Lipinski definition) is 1. The number of aromatic nitrogens is 1. The van der Waals surface area contributed by atoms with Crippen molar-refractivity contribution in [3.8, 4) is 22.3 Å². The maximum absolute atomic E-state index is 7.35. The van der Waals surface area contributed by atoms with Crippen molar-refractivity contribution < 1.29 is 8.83 Å². The molecule has 2 aliphatic rings. The highest BCUT2D eigenvalue weighted by Crippen LogP contribution is 2.53. The lowest BCUT2D eigenvalue weighted by Gasteiger charge is -2.42. The van der Waals surface area contributed by atoms with Crippen LogP contribution >= 0.6 is 0 Å². The Morgan fingerprint density at radius 2 is 1.35 bits per heavy atom. The standard InChI is InChI=1S/C61H53BN2O2/c1-7-16-35(2)38-26-28-49(43(31-38)36-17-9-8-10-18-36)64-57-45-32-46-47(61(5,6)30-29-60(46,3)4)34-51(45)66-59(57)62-55-44(33-52-54(58(55)64)41-21-13-14-24-50(41)65-52)40-22-15-23-42-53-39-20-12-11-19-37(39)25-27-48(53)63-56(40)42/h8-15,17-28,31-35,62-63H,7,16,29-30H2,1-6H3/t35-/m0/s1. The van der Waals surface area contributed by atoms with E-state index >= 15 is 0 Å². The topological polar surface area (TPSA) is 45.3 Å². The zero-order valence-corrected chi connectivity index (χ0v) is 38.7. The van der Waals surface area contributed by atoms with E-state index in [0.717, 1.165) is 98.1 Å². The second-order valence-corrected chi connectivity index (χ2v) is 20.7. The molecule has 13 rings (SSSR count). The number of rotatable bonds is 6. The van der Waals surface area contributed by atoms with E-state index in [1.54, 1.807) is 0 Å². The van der Waals surface area contributed by atoms with Crippen LogP contribution in [-0.4, -0.2) is 12.3 Å². The van der Waals surface area contributed by atoms with E-state index in [0.29, 0.717) is 13.2 Å². The SMILES string of the molecule is CCC[C@H](C)c1ccc(N2c3c(oc4cc5c(cc34)C(C)(C)CCC5(C)C)Bc3c(-c4cccc5c4[nH]c4ccc6ccccc6c45)cc4oc5ccccc5c4c32)c(-c2ccccc2)c1. The predicted octanol–water partition coefficient (Wildman–Crippen LogP) is 15.9. The van der Waals surface area contributed by atoms with E-state index < -0.39 is 0 Å². The number of anilines is 3. The van der Waals surface area contributed by atoms with Gasteiger partial charge in [-0.1, -0.05) is 151 Å². The summed E-state index contributed by atoms with van der Waals surface area (Å²) in [5.41, 5.74) is 19.6. The molecule has 4 heterocycles. The predicted molar refractivity (Wildman–Crippen MR) is 281 cm³/mol. The molecule has 0 saturated carbocycles. The van der Waals surface area contributed by atoms with Gasteiger partial charge in [0.15, 0.2) is 0 Å². The third-order valence-corrected chi connectivity index (χ3v) is 15.7. The van der Waals surface area contributed by atoms with Gasteiger partial charge in [0.2, 0.25) is 7.28 Å². The highest BCUT2D eigenvalue weighted by Gasteiger charge is 2.41. The minimum Gasteiger partial charge on any atom is -0.469 e. The van der Waals surface area contributed by atoms with Gasteiger partial charge in [0.25, 0.3) is 0 Å². The highest BCUT2D eigenvalue weighted by atomic mass is 16.3. The number of nitrogens with zero attached hydrogens (tertiary/aromatic N) is 1. The molecule has 5 heteroatoms. The second-order valence-electron chi connectivity index (χ2n) is 20.7. The van der Waals surface area contributed by atoms with E-state index in [9.17, 15) is 0 Å². The summed E-state index contributed by atoms with van der Waals surface area (Å²) in [6.45, 7) is 14.3. The average molecular weight is 857 g/mol. The van der Waals surface area contributed by atoms with Crippen LogP contribution < -0.4 is 16.0 Å². The summed E-state index contributed by atoms with van der Waals surface area (Å²) in [6.07, 6.45) is 4.55. The second kappa shape index (κ2) is 14.3. The molecule has 1 aliphatic carbocycles. The number of nitrogens with one attached hydrogen (secondary N) is 1. The van der Waals surface area contributed by atoms with Gasteiger partial charge < -0.3 is 18.7 Å². The van der Waals surface area contributed by atoms with Crippen LogP contribution in [0.3, 0.4) is 0 Å². The van der Waals surface area contributed by atoms with Crippen molar-refractivity contribution in [2.24, 2.45) is 0 Å². The Balaban J connectivity index is 1.18. The Morgan fingerprint density at radius 3 is 2.17 bits per heavy atom. The van der Waals surface area contributed by atoms with Crippen LogP contribution in [0.5, 0.6) is 0 Å². The van der Waals surface area contributed by atoms with Crippen molar-refractivity contribution in [3.63, 3.8) is 0 Å². The molecule has 4 nitrogen and oxygen atoms in total. The number of fused-ring (bicyclic) bond motifs is 14. The first-order valence-electron chi connectivity index (χ1n) is 24.1. The third-order valence-electron chi connectivity index (χ3n) is 15.7. The first kappa shape index (κ1) is 39.4. The molecule has 1 aliphatic heterocycles. The van der Waals surface area contributed by atoms with Crippen molar-refractivity contribution in [2.75, 3.05) is 4.90 Å². The van der Waals surface area contributed by atoms with Gasteiger partial charge >= 0.3 is 0 Å². The van der Waals surface area contributed by atoms with Crippen LogP contribution in [0.15, 0.2) is 154 Å². The Bertz CT molecular complexity index is 3790. The summed E-state index contributed by atoms with van der Waals surface area (Å²) < 4.78 is 14.4. The summed E-state index contributed by atoms with van der Waals surface area (Å²) in [7, 11) is 0.629. The molecular weight excluding hydrogens is 803 g/mol. The van der Waals surface area contributed by atoms with E-state index in [1.165, 1.54) is 60.2 Å². The molecule has 1 atom stereocenters. The lowest BCUT2D eigenvalue weighted by molar-refractivity contribution is 0.332. The Kier molecular flexibility index (Phi) is 8.51. The molecule has 66 heavy (non-hydrogen) atoms. The zero-order valence-electron chi connectivity index (χ0n) is 38.7. The van der Waals surface area contributed by atoms with E-state index in [2.05, 4.69) is 197 Å². The molecule has 3 aromatic heterocycles. The van der Waals surface area contributed by atoms with Crippen LogP contribution in [-0.2, 0) is 10.8 Å². The molecule has 8 aromatic carbocycles. The number of furan rings is 2. The number of benzene rings is 8. The minimum absolute atomic E-state index is 0.0254. The normalized spacial score (nSPS) is 15.7. The van der Waals surface area contributed by atoms with Crippen LogP contribution in [0.2, 0.25) is 0 Å². The van der Waals surface area contributed by atoms with Crippen molar-refractivity contribution in [2.45, 2.75) is 84.0 Å². The van der Waals surface area contributed by atoms with Crippen LogP contribution in [0.4, 0.5) is 17.1 Å². The van der Waals surface area contributed by atoms with Gasteiger partial charge in [0, 0.05) is 38.2 Å². The quantitative estimate of drug-likeness (QED) is 0.169. The summed E-state index contributed by atoms with van der Waals surface area (Å²) in [5, 5.41) is 8.37. The van der Waals surface area contributed by atoms with Crippen molar-refractivity contribution in [1.82, 2.24) is 4.98 Å². The monoisotopic (exact) mass is 856 g/mol. The molecule has 0 unspecified atom stereocenters. The van der Waals surface area contributed by atoms with Gasteiger partial charge in [-0.25, -0.2) is 0 Å². The number of aromatic amines is 1. The third kappa shape index (κ3) is 5.71. The highest BCUT2D eigenvalue weighted by molar-refractivity contribution is 6.73. The molecule has 0 fully saturated rings. The Labute approximate surface area is 386 Å². The summed E-state index contributed by atoms with van der Waals surface area (Å²) >= 11 is 0. The van der Waals surface area contributed by atoms with Gasteiger partial charge in [0.05, 0.1) is 33.6 Å². The molecule has 0 amide bonds. The molecule has 0 radical (unpaired) electrons. The molecule has 1 N–H and O–H groups in total. The summed E-state index contributed by atoms with van der Waals surface area (Å²) in [4.78, 5) is 6.53. The van der Waals surface area contributed by atoms with Crippen molar-refractivity contribution in [3.05, 3.63) is 162 Å². The lowest BCUT2D eigenvalue weighted by atomic mass is 9.60. The Hall–Kier alpha value is -6.98. The van der Waals surface area contributed by atoms with Crippen LogP contribution in [0.1, 0.15) is 89.8 Å². The Morgan fingerprint density at radius 1 is 0.606 bits per heavy atom. The fraction of sp³-hybridized carbons (Fsp3) is 0.213. The first-order valence-corrected chi connectivity index (χ1v) is 24.1. The molecular formula is C61H53BN2O2. The molecule has 0 bridgehead atoms. The van der Waals surface area contributed by atoms with Gasteiger partial charge in [-0.3, -0.25) is 0 Å². The summed E-state index contributed by atoms with van der Waals surface area (Å²) in [5.74, 6) is 0.424. The number of H-pyrrole nitrogens is 1. The van der Waals surface area contributed by atoms with E-state index in [4.69, 9.17) is 8.83 Å². The van der Waals surface area contributed by atoms with Crippen molar-refractivity contribution >= 4 is 101 Å². The fourth-order valence-corrected chi connectivity index (χ4v) is 12.1. The molecule has 11 aromatic rings. The van der Waals surface area contributed by atoms with Gasteiger partial charge in [-0.05, 0) is 123 Å². The maximum atomic E-state index is 7.35. The largest absolute Gasteiger partial charge is 0.469 e. The van der Waals surface area contributed by atoms with Crippen LogP contribution in [0.25, 0.3) is 87.7 Å². The average Bonchev–Trinajstić information content (AvgIpc) is 4.03. The van der Waals surface area contributed by atoms with Gasteiger partial charge in [-0.15, -0.1) is 0 Å².